The van der Waals surface area contributed by atoms with Crippen molar-refractivity contribution >= 4 is 27.3 Å². The number of hydrogen-bond acceptors (Lipinski definition) is 7. The molecular formula is C37H35F4N5O3S. The van der Waals surface area contributed by atoms with E-state index < -0.39 is 24.0 Å². The van der Waals surface area contributed by atoms with Crippen molar-refractivity contribution in [3.8, 4) is 39.5 Å². The lowest BCUT2D eigenvalue weighted by Crippen LogP contribution is -2.40. The molecule has 1 amide bonds. The van der Waals surface area contributed by atoms with Gasteiger partial charge in [-0.25, -0.2) is 22.5 Å². The van der Waals surface area contributed by atoms with Gasteiger partial charge in [-0.1, -0.05) is 30.8 Å². The van der Waals surface area contributed by atoms with Crippen LogP contribution in [0.3, 0.4) is 0 Å². The summed E-state index contributed by atoms with van der Waals surface area (Å²) in [5.74, 6) is -1.80. The van der Waals surface area contributed by atoms with Crippen LogP contribution in [0, 0.1) is 11.6 Å². The third-order valence-corrected chi connectivity index (χ3v) is 10.2. The zero-order valence-corrected chi connectivity index (χ0v) is 28.4. The number of halogens is 4. The van der Waals surface area contributed by atoms with Crippen LogP contribution in [0.5, 0.6) is 5.75 Å². The standard InChI is InChI=1S/C37H35F4N5O3S/c1-4-32(47)45-10-11-46-30(21(45)2)17-29(43-46)36-34(33-26(39)15-24(38)16-31(33)49-13-12-48-3)37-25(9-14-50-37)35(42-36)23-7-5-22(6-8-23)18-44-19-27(40)28(41)20-44/h4-9,14-17,21,27-28H,1,10-13,18-20H2,2-3H3. The molecule has 3 atom stereocenters. The van der Waals surface area contributed by atoms with Gasteiger partial charge in [0.05, 0.1) is 36.1 Å². The Bertz CT molecular complexity index is 2060. The molecule has 1 fully saturated rings. The Balaban J connectivity index is 1.39. The number of hydrogen-bond donors (Lipinski definition) is 0. The molecule has 260 valence electrons. The van der Waals surface area contributed by atoms with Crippen LogP contribution in [0.4, 0.5) is 17.6 Å². The normalized spacial score (nSPS) is 19.2. The second-order valence-electron chi connectivity index (χ2n) is 12.5. The summed E-state index contributed by atoms with van der Waals surface area (Å²) in [5.41, 5.74) is 4.32. The number of pyridine rings is 1. The highest BCUT2D eigenvalue weighted by Crippen LogP contribution is 2.47. The molecule has 1 saturated heterocycles. The Morgan fingerprint density at radius 1 is 1.02 bits per heavy atom. The first-order valence-electron chi connectivity index (χ1n) is 16.3. The van der Waals surface area contributed by atoms with Crippen LogP contribution in [-0.2, 0) is 22.6 Å². The van der Waals surface area contributed by atoms with E-state index in [1.165, 1.54) is 24.5 Å². The second kappa shape index (κ2) is 14.0. The average Bonchev–Trinajstić information content (AvgIpc) is 3.84. The van der Waals surface area contributed by atoms with Crippen molar-refractivity contribution in [3.05, 3.63) is 89.5 Å². The molecule has 2 aliphatic heterocycles. The molecule has 0 aliphatic carbocycles. The topological polar surface area (TPSA) is 72.7 Å². The molecule has 3 aromatic heterocycles. The summed E-state index contributed by atoms with van der Waals surface area (Å²) in [4.78, 5) is 21.2. The monoisotopic (exact) mass is 705 g/mol. The van der Waals surface area contributed by atoms with Gasteiger partial charge in [0.2, 0.25) is 5.91 Å². The molecular weight excluding hydrogens is 670 g/mol. The van der Waals surface area contributed by atoms with Crippen molar-refractivity contribution in [2.75, 3.05) is 40.0 Å². The Kier molecular flexibility index (Phi) is 9.46. The fourth-order valence-electron chi connectivity index (χ4n) is 6.79. The van der Waals surface area contributed by atoms with Crippen molar-refractivity contribution < 1.29 is 31.8 Å². The van der Waals surface area contributed by atoms with Gasteiger partial charge in [-0.05, 0) is 36.1 Å². The number of amides is 1. The molecule has 0 saturated carbocycles. The Hall–Kier alpha value is -4.59. The molecule has 0 radical (unpaired) electrons. The Labute approximate surface area is 290 Å². The molecule has 7 rings (SSSR count). The lowest BCUT2D eigenvalue weighted by molar-refractivity contribution is -0.129. The zero-order chi connectivity index (χ0) is 35.1. The van der Waals surface area contributed by atoms with Crippen LogP contribution >= 0.6 is 11.3 Å². The van der Waals surface area contributed by atoms with E-state index in [1.54, 1.807) is 9.80 Å². The number of benzene rings is 2. The number of ether oxygens (including phenoxy) is 2. The van der Waals surface area contributed by atoms with Crippen LogP contribution in [0.15, 0.2) is 66.6 Å². The van der Waals surface area contributed by atoms with Gasteiger partial charge in [0.1, 0.15) is 47.7 Å². The van der Waals surface area contributed by atoms with Crippen molar-refractivity contribution in [3.63, 3.8) is 0 Å². The quantitative estimate of drug-likeness (QED) is 0.0859. The Morgan fingerprint density at radius 2 is 1.78 bits per heavy atom. The number of carbonyl (C=O) groups is 1. The molecule has 5 aromatic rings. The minimum Gasteiger partial charge on any atom is -0.490 e. The van der Waals surface area contributed by atoms with Gasteiger partial charge >= 0.3 is 0 Å². The van der Waals surface area contributed by atoms with Crippen molar-refractivity contribution in [1.82, 2.24) is 24.6 Å². The molecule has 3 unspecified atom stereocenters. The molecule has 0 N–H and O–H groups in total. The minimum atomic E-state index is -1.48. The van der Waals surface area contributed by atoms with Crippen molar-refractivity contribution in [2.45, 2.75) is 38.4 Å². The lowest BCUT2D eigenvalue weighted by atomic mass is 9.96. The first-order valence-corrected chi connectivity index (χ1v) is 17.2. The van der Waals surface area contributed by atoms with Gasteiger partial charge in [0.25, 0.3) is 0 Å². The largest absolute Gasteiger partial charge is 0.490 e. The van der Waals surface area contributed by atoms with E-state index in [0.717, 1.165) is 34.3 Å². The van der Waals surface area contributed by atoms with Crippen LogP contribution in [0.2, 0.25) is 0 Å². The van der Waals surface area contributed by atoms with Crippen LogP contribution in [0.25, 0.3) is 43.9 Å². The van der Waals surface area contributed by atoms with Crippen LogP contribution < -0.4 is 4.74 Å². The summed E-state index contributed by atoms with van der Waals surface area (Å²) in [5, 5.41) is 7.54. The predicted molar refractivity (Wildman–Crippen MR) is 184 cm³/mol. The number of rotatable bonds is 10. The van der Waals surface area contributed by atoms with Crippen molar-refractivity contribution in [1.29, 1.82) is 0 Å². The molecule has 0 bridgehead atoms. The van der Waals surface area contributed by atoms with Crippen molar-refractivity contribution in [2.24, 2.45) is 0 Å². The van der Waals surface area contributed by atoms with E-state index in [2.05, 4.69) is 6.58 Å². The van der Waals surface area contributed by atoms with E-state index in [0.29, 0.717) is 47.0 Å². The highest BCUT2D eigenvalue weighted by molar-refractivity contribution is 7.18. The molecule has 50 heavy (non-hydrogen) atoms. The molecule has 2 aliphatic rings. The SMILES string of the molecule is C=CC(=O)N1CCn2nc(-c3nc(-c4ccc(CN5CC(F)C(F)C5)cc4)c4ccsc4c3-c3c(F)cc(F)cc3OCCOC)cc2C1C. The zero-order valence-electron chi connectivity index (χ0n) is 27.5. The molecule has 5 heterocycles. The minimum absolute atomic E-state index is 0.00227. The van der Waals surface area contributed by atoms with Gasteiger partial charge in [0, 0.05) is 66.6 Å². The summed E-state index contributed by atoms with van der Waals surface area (Å²) in [6.45, 7) is 7.19. The average molecular weight is 706 g/mol. The van der Waals surface area contributed by atoms with Gasteiger partial charge < -0.3 is 14.4 Å². The maximum Gasteiger partial charge on any atom is 0.246 e. The van der Waals surface area contributed by atoms with Gasteiger partial charge in [-0.3, -0.25) is 14.4 Å². The third kappa shape index (κ3) is 6.29. The molecule has 13 heteroatoms. The van der Waals surface area contributed by atoms with E-state index >= 15 is 4.39 Å². The van der Waals surface area contributed by atoms with Gasteiger partial charge in [-0.2, -0.15) is 5.10 Å². The number of aromatic nitrogens is 3. The van der Waals surface area contributed by atoms with Gasteiger partial charge in [-0.15, -0.1) is 11.3 Å². The molecule has 2 aromatic carbocycles. The summed E-state index contributed by atoms with van der Waals surface area (Å²) < 4.78 is 71.9. The number of thiophene rings is 1. The highest BCUT2D eigenvalue weighted by Gasteiger charge is 2.33. The maximum atomic E-state index is 16.1. The summed E-state index contributed by atoms with van der Waals surface area (Å²) in [7, 11) is 1.51. The van der Waals surface area contributed by atoms with E-state index in [-0.39, 0.29) is 49.6 Å². The first kappa shape index (κ1) is 33.9. The van der Waals surface area contributed by atoms with Crippen LogP contribution in [-0.4, -0.2) is 82.8 Å². The number of carbonyl (C=O) groups excluding carboxylic acids is 1. The number of fused-ring (bicyclic) bond motifs is 2. The summed E-state index contributed by atoms with van der Waals surface area (Å²) in [6, 6.07) is 13.0. The predicted octanol–water partition coefficient (Wildman–Crippen LogP) is 7.38. The third-order valence-electron chi connectivity index (χ3n) is 9.27. The number of alkyl halides is 2. The van der Waals surface area contributed by atoms with E-state index in [9.17, 15) is 18.0 Å². The highest BCUT2D eigenvalue weighted by atomic mass is 32.1. The Morgan fingerprint density at radius 3 is 2.50 bits per heavy atom. The first-order chi connectivity index (χ1) is 24.2. The summed E-state index contributed by atoms with van der Waals surface area (Å²) >= 11 is 1.39. The smallest absolute Gasteiger partial charge is 0.246 e. The van der Waals surface area contributed by atoms with Gasteiger partial charge in [0.15, 0.2) is 0 Å². The van der Waals surface area contributed by atoms with E-state index in [1.807, 2.05) is 53.4 Å². The number of nitrogens with zero attached hydrogens (tertiary/aromatic N) is 5. The molecule has 0 spiro atoms. The number of likely N-dealkylation sites (tertiary alicyclic amines) is 1. The fraction of sp³-hybridized carbons (Fsp3) is 0.324. The lowest BCUT2D eigenvalue weighted by Gasteiger charge is -2.33. The maximum absolute atomic E-state index is 16.1. The van der Waals surface area contributed by atoms with Crippen LogP contribution in [0.1, 0.15) is 24.2 Å². The molecule has 8 nitrogen and oxygen atoms in total. The van der Waals surface area contributed by atoms with E-state index in [4.69, 9.17) is 19.6 Å². The number of methoxy groups -OCH3 is 1. The fourth-order valence-corrected chi connectivity index (χ4v) is 7.74. The second-order valence-corrected chi connectivity index (χ2v) is 13.4. The summed E-state index contributed by atoms with van der Waals surface area (Å²) in [6.07, 6.45) is -1.68.